The minimum atomic E-state index is -1.21. The number of esters is 1. The number of ketones is 1. The molecule has 5 aromatic rings. The maximum atomic E-state index is 13.5. The second kappa shape index (κ2) is 10.4. The van der Waals surface area contributed by atoms with Crippen molar-refractivity contribution in [1.29, 1.82) is 0 Å². The van der Waals surface area contributed by atoms with Gasteiger partial charge >= 0.3 is 5.97 Å². The Labute approximate surface area is 240 Å². The Balaban J connectivity index is 1.28. The zero-order valence-electron chi connectivity index (χ0n) is 21.7. The van der Waals surface area contributed by atoms with Gasteiger partial charge in [-0.2, -0.15) is 0 Å². The summed E-state index contributed by atoms with van der Waals surface area (Å²) >= 11 is 6.02. The molecule has 1 aliphatic rings. The molecule has 1 unspecified atom stereocenters. The van der Waals surface area contributed by atoms with Gasteiger partial charge in [0.15, 0.2) is 6.10 Å². The van der Waals surface area contributed by atoms with Crippen LogP contribution >= 0.6 is 11.6 Å². The van der Waals surface area contributed by atoms with E-state index < -0.39 is 23.9 Å². The second-order valence-corrected chi connectivity index (χ2v) is 9.96. The van der Waals surface area contributed by atoms with Gasteiger partial charge in [-0.05, 0) is 49.4 Å². The number of fused-ring (bicyclic) bond motifs is 3. The Morgan fingerprint density at radius 1 is 0.756 bits per heavy atom. The lowest BCUT2D eigenvalue weighted by Gasteiger charge is -2.18. The van der Waals surface area contributed by atoms with E-state index in [1.165, 1.54) is 24.3 Å². The number of amides is 2. The molecule has 0 saturated heterocycles. The third kappa shape index (κ3) is 4.66. The number of Topliss-reactive ketones (excluding diaryl/α,β-unsaturated/α-hetero) is 1. The first-order valence-corrected chi connectivity index (χ1v) is 13.1. The number of anilines is 1. The number of imide groups is 1. The van der Waals surface area contributed by atoms with E-state index in [2.05, 4.69) is 4.98 Å². The normalized spacial score (nSPS) is 13.3. The lowest BCUT2D eigenvalue weighted by Crippen LogP contribution is -2.29. The van der Waals surface area contributed by atoms with Gasteiger partial charge in [-0.25, -0.2) is 9.69 Å². The van der Waals surface area contributed by atoms with Crippen molar-refractivity contribution in [3.63, 3.8) is 0 Å². The molecule has 8 heteroatoms. The number of pyridine rings is 1. The average molecular weight is 561 g/mol. The SMILES string of the molecule is Cc1nc2ccccc2c2c1C(=O)N(c1ccc(C(=O)OC(C(=O)c3ccccc3)c3ccc(Cl)cc3)cc1)C2=O. The zero-order valence-corrected chi connectivity index (χ0v) is 22.5. The number of carbonyl (C=O) groups is 4. The van der Waals surface area contributed by atoms with E-state index in [9.17, 15) is 19.2 Å². The molecule has 0 spiro atoms. The monoisotopic (exact) mass is 560 g/mol. The van der Waals surface area contributed by atoms with E-state index >= 15 is 0 Å². The van der Waals surface area contributed by atoms with Gasteiger partial charge in [0.1, 0.15) is 0 Å². The topological polar surface area (TPSA) is 93.6 Å². The van der Waals surface area contributed by atoms with Crippen LogP contribution in [0.25, 0.3) is 10.9 Å². The molecule has 41 heavy (non-hydrogen) atoms. The van der Waals surface area contributed by atoms with E-state index in [0.29, 0.717) is 44.0 Å². The van der Waals surface area contributed by atoms with Gasteiger partial charge in [0.25, 0.3) is 11.8 Å². The van der Waals surface area contributed by atoms with Crippen LogP contribution in [-0.4, -0.2) is 28.6 Å². The summed E-state index contributed by atoms with van der Waals surface area (Å²) in [5.74, 6) is -2.07. The molecule has 6 rings (SSSR count). The molecule has 1 atom stereocenters. The lowest BCUT2D eigenvalue weighted by molar-refractivity contribution is 0.0280. The summed E-state index contributed by atoms with van der Waals surface area (Å²) in [5, 5.41) is 1.08. The van der Waals surface area contributed by atoms with Crippen LogP contribution in [0.3, 0.4) is 0 Å². The molecular formula is C33H21ClN2O5. The lowest BCUT2D eigenvalue weighted by atomic mass is 9.99. The summed E-state index contributed by atoms with van der Waals surface area (Å²) in [5.41, 5.74) is 2.98. The molecule has 0 aliphatic carbocycles. The number of nitrogens with zero attached hydrogens (tertiary/aromatic N) is 2. The zero-order chi connectivity index (χ0) is 28.7. The van der Waals surface area contributed by atoms with Gasteiger partial charge in [-0.1, -0.05) is 72.3 Å². The maximum absolute atomic E-state index is 13.5. The van der Waals surface area contributed by atoms with Crippen molar-refractivity contribution in [1.82, 2.24) is 4.98 Å². The first-order chi connectivity index (χ1) is 19.8. The van der Waals surface area contributed by atoms with Crippen LogP contribution in [0.2, 0.25) is 5.02 Å². The van der Waals surface area contributed by atoms with Crippen molar-refractivity contribution < 1.29 is 23.9 Å². The van der Waals surface area contributed by atoms with Crippen molar-refractivity contribution in [2.45, 2.75) is 13.0 Å². The van der Waals surface area contributed by atoms with E-state index in [-0.39, 0.29) is 16.9 Å². The summed E-state index contributed by atoms with van der Waals surface area (Å²) in [6.45, 7) is 1.70. The van der Waals surface area contributed by atoms with E-state index in [4.69, 9.17) is 16.3 Å². The molecule has 0 radical (unpaired) electrons. The van der Waals surface area contributed by atoms with Gasteiger partial charge < -0.3 is 4.74 Å². The highest BCUT2D eigenvalue weighted by Gasteiger charge is 2.40. The number of para-hydroxylation sites is 1. The second-order valence-electron chi connectivity index (χ2n) is 9.52. The molecule has 200 valence electrons. The van der Waals surface area contributed by atoms with Gasteiger partial charge in [0.05, 0.1) is 33.6 Å². The number of hydrogen-bond acceptors (Lipinski definition) is 6. The quantitative estimate of drug-likeness (QED) is 0.129. The highest BCUT2D eigenvalue weighted by molar-refractivity contribution is 6.37. The summed E-state index contributed by atoms with van der Waals surface area (Å²) in [6, 6.07) is 28.1. The van der Waals surface area contributed by atoms with Crippen LogP contribution in [0, 0.1) is 6.92 Å². The van der Waals surface area contributed by atoms with Crippen LogP contribution in [0.4, 0.5) is 5.69 Å². The Morgan fingerprint density at radius 2 is 1.39 bits per heavy atom. The molecular weight excluding hydrogens is 540 g/mol. The van der Waals surface area contributed by atoms with Gasteiger partial charge in [0, 0.05) is 21.5 Å². The predicted octanol–water partition coefficient (Wildman–Crippen LogP) is 6.78. The number of rotatable bonds is 6. The minimum absolute atomic E-state index is 0.147. The Hall–Kier alpha value is -5.14. The molecule has 1 aliphatic heterocycles. The first kappa shape index (κ1) is 26.1. The standard InChI is InChI=1S/C33H21ClN2O5/c1-19-27-28(25-9-5-6-10-26(25)35-19)32(39)36(31(27)38)24-17-13-22(14-18-24)33(40)41-30(21-11-15-23(34)16-12-21)29(37)20-7-3-2-4-8-20/h2-18,30H,1H3. The Morgan fingerprint density at radius 3 is 2.10 bits per heavy atom. The van der Waals surface area contributed by atoms with Crippen molar-refractivity contribution in [3.05, 3.63) is 142 Å². The van der Waals surface area contributed by atoms with Gasteiger partial charge in [-0.15, -0.1) is 0 Å². The van der Waals surface area contributed by atoms with Crippen molar-refractivity contribution in [2.75, 3.05) is 4.90 Å². The summed E-state index contributed by atoms with van der Waals surface area (Å²) in [7, 11) is 0. The molecule has 0 saturated carbocycles. The summed E-state index contributed by atoms with van der Waals surface area (Å²) < 4.78 is 5.71. The number of carbonyl (C=O) groups excluding carboxylic acids is 4. The van der Waals surface area contributed by atoms with E-state index in [1.54, 1.807) is 79.7 Å². The molecule has 7 nitrogen and oxygen atoms in total. The largest absolute Gasteiger partial charge is 0.445 e. The fourth-order valence-electron chi connectivity index (χ4n) is 4.95. The number of ether oxygens (including phenoxy) is 1. The third-order valence-electron chi connectivity index (χ3n) is 6.96. The number of hydrogen-bond donors (Lipinski definition) is 0. The molecule has 0 N–H and O–H groups in total. The number of aromatic nitrogens is 1. The average Bonchev–Trinajstić information content (AvgIpc) is 3.27. The van der Waals surface area contributed by atoms with E-state index in [0.717, 1.165) is 4.90 Å². The first-order valence-electron chi connectivity index (χ1n) is 12.8. The van der Waals surface area contributed by atoms with Gasteiger partial charge in [0.2, 0.25) is 5.78 Å². The van der Waals surface area contributed by atoms with Crippen LogP contribution < -0.4 is 4.90 Å². The van der Waals surface area contributed by atoms with Crippen LogP contribution in [-0.2, 0) is 4.74 Å². The van der Waals surface area contributed by atoms with Crippen molar-refractivity contribution in [2.24, 2.45) is 0 Å². The Kier molecular flexibility index (Phi) is 6.65. The van der Waals surface area contributed by atoms with Crippen molar-refractivity contribution >= 4 is 51.8 Å². The maximum Gasteiger partial charge on any atom is 0.339 e. The molecule has 1 aromatic heterocycles. The number of benzene rings is 4. The van der Waals surface area contributed by atoms with Crippen LogP contribution in [0.5, 0.6) is 0 Å². The molecule has 4 aromatic carbocycles. The predicted molar refractivity (Wildman–Crippen MR) is 154 cm³/mol. The summed E-state index contributed by atoms with van der Waals surface area (Å²) in [6.07, 6.45) is -1.21. The minimum Gasteiger partial charge on any atom is -0.445 e. The van der Waals surface area contributed by atoms with Crippen LogP contribution in [0.15, 0.2) is 103 Å². The summed E-state index contributed by atoms with van der Waals surface area (Å²) in [4.78, 5) is 58.9. The van der Waals surface area contributed by atoms with E-state index in [1.807, 2.05) is 6.07 Å². The molecule has 0 bridgehead atoms. The third-order valence-corrected chi connectivity index (χ3v) is 7.21. The number of aryl methyl sites for hydroxylation is 1. The smallest absolute Gasteiger partial charge is 0.339 e. The Bertz CT molecular complexity index is 1850. The molecule has 2 amide bonds. The highest BCUT2D eigenvalue weighted by Crippen LogP contribution is 2.34. The van der Waals surface area contributed by atoms with Gasteiger partial charge in [-0.3, -0.25) is 19.4 Å². The number of halogens is 1. The molecule has 0 fully saturated rings. The van der Waals surface area contributed by atoms with Crippen LogP contribution in [0.1, 0.15) is 58.8 Å². The fraction of sp³-hybridized carbons (Fsp3) is 0.0606. The molecule has 2 heterocycles. The highest BCUT2D eigenvalue weighted by atomic mass is 35.5. The van der Waals surface area contributed by atoms with Crippen molar-refractivity contribution in [3.8, 4) is 0 Å². The fourth-order valence-corrected chi connectivity index (χ4v) is 5.08.